The Hall–Kier alpha value is -2.79. The van der Waals surface area contributed by atoms with E-state index >= 15 is 0 Å². The van der Waals surface area contributed by atoms with Crippen LogP contribution >= 0.6 is 11.6 Å². The van der Waals surface area contributed by atoms with Gasteiger partial charge in [-0.15, -0.1) is 0 Å². The van der Waals surface area contributed by atoms with Crippen LogP contribution in [0.1, 0.15) is 0 Å². The predicted octanol–water partition coefficient (Wildman–Crippen LogP) is 3.75. The van der Waals surface area contributed by atoms with Crippen LogP contribution in [0.5, 0.6) is 0 Å². The Morgan fingerprint density at radius 2 is 1.83 bits per heavy atom. The number of nitrogens with zero attached hydrogens (tertiary/aromatic N) is 5. The lowest BCUT2D eigenvalue weighted by molar-refractivity contribution is 0.771. The Morgan fingerprint density at radius 1 is 1.00 bits per heavy atom. The van der Waals surface area contributed by atoms with E-state index in [9.17, 15) is 0 Å². The van der Waals surface area contributed by atoms with Gasteiger partial charge in [0, 0.05) is 48.5 Å². The van der Waals surface area contributed by atoms with Crippen LogP contribution in [0.25, 0.3) is 33.4 Å². The molecule has 4 rings (SSSR count). The highest BCUT2D eigenvalue weighted by molar-refractivity contribution is 6.29. The first-order valence-electron chi connectivity index (χ1n) is 7.07. The van der Waals surface area contributed by atoms with Gasteiger partial charge in [0.2, 0.25) is 0 Å². The number of fused-ring (bicyclic) bond motifs is 1. The van der Waals surface area contributed by atoms with Crippen LogP contribution in [0.4, 0.5) is 0 Å². The standard InChI is InChI=1S/C17H12ClN5/c1-23-10-13(17(22-23)11-4-6-19-7-5-11)12-8-15-14(20-9-12)2-3-16(18)21-15/h2-10H,1H3. The summed E-state index contributed by atoms with van der Waals surface area (Å²) in [5.74, 6) is 0. The van der Waals surface area contributed by atoms with Crippen molar-refractivity contribution < 1.29 is 0 Å². The molecule has 0 aliphatic carbocycles. The molecule has 4 aromatic heterocycles. The molecule has 0 fully saturated rings. The van der Waals surface area contributed by atoms with Gasteiger partial charge in [0.25, 0.3) is 0 Å². The highest BCUT2D eigenvalue weighted by Crippen LogP contribution is 2.31. The number of hydrogen-bond acceptors (Lipinski definition) is 4. The number of aryl methyl sites for hydroxylation is 1. The quantitative estimate of drug-likeness (QED) is 0.528. The Morgan fingerprint density at radius 3 is 2.65 bits per heavy atom. The van der Waals surface area contributed by atoms with E-state index in [1.54, 1.807) is 23.1 Å². The van der Waals surface area contributed by atoms with Gasteiger partial charge in [-0.2, -0.15) is 5.10 Å². The SMILES string of the molecule is Cn1cc(-c2cnc3ccc(Cl)nc3c2)c(-c2ccncc2)n1. The van der Waals surface area contributed by atoms with Crippen molar-refractivity contribution in [3.8, 4) is 22.4 Å². The summed E-state index contributed by atoms with van der Waals surface area (Å²) in [4.78, 5) is 12.9. The second-order valence-electron chi connectivity index (χ2n) is 5.20. The highest BCUT2D eigenvalue weighted by Gasteiger charge is 2.13. The van der Waals surface area contributed by atoms with Crippen molar-refractivity contribution in [2.75, 3.05) is 0 Å². The maximum absolute atomic E-state index is 5.99. The van der Waals surface area contributed by atoms with Crippen LogP contribution in [-0.4, -0.2) is 24.7 Å². The van der Waals surface area contributed by atoms with E-state index in [-0.39, 0.29) is 0 Å². The van der Waals surface area contributed by atoms with Crippen molar-refractivity contribution in [2.45, 2.75) is 0 Å². The fourth-order valence-corrected chi connectivity index (χ4v) is 2.71. The molecule has 0 unspecified atom stereocenters. The minimum Gasteiger partial charge on any atom is -0.275 e. The first-order chi connectivity index (χ1) is 11.2. The van der Waals surface area contributed by atoms with Gasteiger partial charge in [0.1, 0.15) is 10.8 Å². The van der Waals surface area contributed by atoms with Crippen LogP contribution < -0.4 is 0 Å². The fraction of sp³-hybridized carbons (Fsp3) is 0.0588. The monoisotopic (exact) mass is 321 g/mol. The molecule has 23 heavy (non-hydrogen) atoms. The topological polar surface area (TPSA) is 56.5 Å². The van der Waals surface area contributed by atoms with E-state index < -0.39 is 0 Å². The van der Waals surface area contributed by atoms with Crippen molar-refractivity contribution in [2.24, 2.45) is 7.05 Å². The molecular weight excluding hydrogens is 310 g/mol. The smallest absolute Gasteiger partial charge is 0.129 e. The van der Waals surface area contributed by atoms with Crippen molar-refractivity contribution in [3.05, 3.63) is 60.3 Å². The van der Waals surface area contributed by atoms with Gasteiger partial charge in [0.05, 0.1) is 11.0 Å². The van der Waals surface area contributed by atoms with Crippen molar-refractivity contribution in [1.29, 1.82) is 0 Å². The van der Waals surface area contributed by atoms with Crippen molar-refractivity contribution in [1.82, 2.24) is 24.7 Å². The largest absolute Gasteiger partial charge is 0.275 e. The molecule has 0 aliphatic heterocycles. The number of halogens is 1. The van der Waals surface area contributed by atoms with E-state index in [0.29, 0.717) is 5.15 Å². The Kier molecular flexibility index (Phi) is 3.28. The molecule has 112 valence electrons. The average Bonchev–Trinajstić information content (AvgIpc) is 2.97. The minimum atomic E-state index is 0.456. The molecule has 6 heteroatoms. The molecule has 0 bridgehead atoms. The molecule has 0 radical (unpaired) electrons. The minimum absolute atomic E-state index is 0.456. The lowest BCUT2D eigenvalue weighted by Crippen LogP contribution is -1.88. The van der Waals surface area contributed by atoms with Gasteiger partial charge >= 0.3 is 0 Å². The lowest BCUT2D eigenvalue weighted by Gasteiger charge is -2.04. The summed E-state index contributed by atoms with van der Waals surface area (Å²) in [5, 5.41) is 5.03. The van der Waals surface area contributed by atoms with E-state index in [1.165, 1.54) is 0 Å². The maximum Gasteiger partial charge on any atom is 0.129 e. The molecule has 0 aliphatic rings. The Balaban J connectivity index is 1.91. The molecule has 0 atom stereocenters. The van der Waals surface area contributed by atoms with E-state index in [1.807, 2.05) is 43.7 Å². The Labute approximate surface area is 137 Å². The molecule has 4 heterocycles. The third-order valence-electron chi connectivity index (χ3n) is 3.60. The second-order valence-corrected chi connectivity index (χ2v) is 5.58. The summed E-state index contributed by atoms with van der Waals surface area (Å²) in [6.07, 6.45) is 7.32. The van der Waals surface area contributed by atoms with E-state index in [2.05, 4.69) is 20.1 Å². The number of aromatic nitrogens is 5. The lowest BCUT2D eigenvalue weighted by atomic mass is 10.0. The third kappa shape index (κ3) is 2.55. The molecule has 0 amide bonds. The van der Waals surface area contributed by atoms with Gasteiger partial charge in [-0.3, -0.25) is 14.6 Å². The first kappa shape index (κ1) is 13.8. The normalized spacial score (nSPS) is 11.0. The van der Waals surface area contributed by atoms with Crippen LogP contribution in [0, 0.1) is 0 Å². The second kappa shape index (κ2) is 5.44. The van der Waals surface area contributed by atoms with Crippen molar-refractivity contribution in [3.63, 3.8) is 0 Å². The van der Waals surface area contributed by atoms with Gasteiger partial charge in [0.15, 0.2) is 0 Å². The number of rotatable bonds is 2. The number of hydrogen-bond donors (Lipinski definition) is 0. The van der Waals surface area contributed by atoms with Gasteiger partial charge < -0.3 is 0 Å². The van der Waals surface area contributed by atoms with Gasteiger partial charge in [-0.1, -0.05) is 11.6 Å². The summed E-state index contributed by atoms with van der Waals surface area (Å²) >= 11 is 5.99. The highest BCUT2D eigenvalue weighted by atomic mass is 35.5. The van der Waals surface area contributed by atoms with E-state index in [4.69, 9.17) is 11.6 Å². The molecule has 0 N–H and O–H groups in total. The summed E-state index contributed by atoms with van der Waals surface area (Å²) in [6.45, 7) is 0. The van der Waals surface area contributed by atoms with Crippen LogP contribution in [0.3, 0.4) is 0 Å². The molecule has 0 saturated carbocycles. The zero-order valence-corrected chi connectivity index (χ0v) is 13.1. The van der Waals surface area contributed by atoms with Gasteiger partial charge in [-0.25, -0.2) is 4.98 Å². The predicted molar refractivity (Wildman–Crippen MR) is 90.0 cm³/mol. The molecule has 0 aromatic carbocycles. The summed E-state index contributed by atoms with van der Waals surface area (Å²) < 4.78 is 1.79. The number of pyridine rings is 3. The zero-order valence-electron chi connectivity index (χ0n) is 12.3. The van der Waals surface area contributed by atoms with Crippen LogP contribution in [0.15, 0.2) is 55.1 Å². The fourth-order valence-electron chi connectivity index (χ4n) is 2.55. The average molecular weight is 322 g/mol. The first-order valence-corrected chi connectivity index (χ1v) is 7.45. The van der Waals surface area contributed by atoms with E-state index in [0.717, 1.165) is 33.4 Å². The molecule has 0 saturated heterocycles. The van der Waals surface area contributed by atoms with Gasteiger partial charge in [-0.05, 0) is 30.3 Å². The molecule has 4 aromatic rings. The summed E-state index contributed by atoms with van der Waals surface area (Å²) in [5.41, 5.74) is 5.42. The summed E-state index contributed by atoms with van der Waals surface area (Å²) in [6, 6.07) is 9.46. The third-order valence-corrected chi connectivity index (χ3v) is 3.81. The maximum atomic E-state index is 5.99. The molecule has 5 nitrogen and oxygen atoms in total. The van der Waals surface area contributed by atoms with Crippen LogP contribution in [-0.2, 0) is 7.05 Å². The van der Waals surface area contributed by atoms with Crippen molar-refractivity contribution >= 4 is 22.6 Å². The summed E-state index contributed by atoms with van der Waals surface area (Å²) in [7, 11) is 1.90. The zero-order chi connectivity index (χ0) is 15.8. The molecule has 0 spiro atoms. The Bertz CT molecular complexity index is 994. The van der Waals surface area contributed by atoms with Crippen LogP contribution in [0.2, 0.25) is 5.15 Å². The molecular formula is C17H12ClN5.